The highest BCUT2D eigenvalue weighted by molar-refractivity contribution is 6.05. The number of benzene rings is 2. The van der Waals surface area contributed by atoms with Gasteiger partial charge in [-0.25, -0.2) is 0 Å². The molecule has 2 aromatic carbocycles. The third-order valence-electron chi connectivity index (χ3n) is 3.77. The number of carbonyl (C=O) groups excluding carboxylic acids is 1. The fourth-order valence-corrected chi connectivity index (χ4v) is 2.34. The summed E-state index contributed by atoms with van der Waals surface area (Å²) in [6.45, 7) is 3.27. The minimum Gasteiger partial charge on any atom is -0.489 e. The Labute approximate surface area is 147 Å². The summed E-state index contributed by atoms with van der Waals surface area (Å²) in [5.74, 6) is 0.700. The minimum absolute atomic E-state index is 0.100. The van der Waals surface area contributed by atoms with E-state index in [9.17, 15) is 4.79 Å². The largest absolute Gasteiger partial charge is 0.489 e. The van der Waals surface area contributed by atoms with Gasteiger partial charge in [-0.3, -0.25) is 9.48 Å². The first-order valence-corrected chi connectivity index (χ1v) is 8.27. The molecule has 126 valence electrons. The molecule has 1 heterocycles. The summed E-state index contributed by atoms with van der Waals surface area (Å²) in [7, 11) is 0. The van der Waals surface area contributed by atoms with Crippen LogP contribution in [0.5, 0.6) is 5.75 Å². The Balaban J connectivity index is 1.57. The molecule has 4 heteroatoms. The average Bonchev–Trinajstić information content (AvgIpc) is 3.15. The van der Waals surface area contributed by atoms with Gasteiger partial charge in [-0.05, 0) is 42.3 Å². The standard InChI is InChI=1S/C21H20N2O2/c1-2-23-15-14-20(22-23)21(24)13-10-17-8-11-19(12-9-17)25-16-18-6-4-3-5-7-18/h3-15H,2,16H2,1H3/b13-10+. The molecule has 0 spiro atoms. The molecule has 25 heavy (non-hydrogen) atoms. The Bertz CT molecular complexity index is 849. The van der Waals surface area contributed by atoms with Gasteiger partial charge in [0.05, 0.1) is 0 Å². The first-order valence-electron chi connectivity index (χ1n) is 8.27. The van der Waals surface area contributed by atoms with Crippen molar-refractivity contribution in [3.63, 3.8) is 0 Å². The SMILES string of the molecule is CCn1ccc(C(=O)/C=C/c2ccc(OCc3ccccc3)cc2)n1. The third-order valence-corrected chi connectivity index (χ3v) is 3.77. The minimum atomic E-state index is -0.100. The van der Waals surface area contributed by atoms with E-state index in [1.165, 1.54) is 0 Å². The summed E-state index contributed by atoms with van der Waals surface area (Å²) in [6.07, 6.45) is 5.14. The van der Waals surface area contributed by atoms with Gasteiger partial charge in [-0.2, -0.15) is 5.10 Å². The molecule has 0 aliphatic carbocycles. The molecular weight excluding hydrogens is 312 g/mol. The number of ketones is 1. The van der Waals surface area contributed by atoms with Gasteiger partial charge in [-0.1, -0.05) is 48.5 Å². The van der Waals surface area contributed by atoms with E-state index in [0.717, 1.165) is 23.4 Å². The first kappa shape index (κ1) is 16.7. The van der Waals surface area contributed by atoms with Crippen molar-refractivity contribution in [3.8, 4) is 5.75 Å². The van der Waals surface area contributed by atoms with Crippen molar-refractivity contribution in [1.82, 2.24) is 9.78 Å². The normalized spacial score (nSPS) is 10.9. The van der Waals surface area contributed by atoms with Crippen LogP contribution in [0.2, 0.25) is 0 Å². The smallest absolute Gasteiger partial charge is 0.206 e. The van der Waals surface area contributed by atoms with Crippen molar-refractivity contribution in [2.45, 2.75) is 20.1 Å². The van der Waals surface area contributed by atoms with Crippen LogP contribution in [0.4, 0.5) is 0 Å². The molecule has 0 N–H and O–H groups in total. The van der Waals surface area contributed by atoms with Crippen molar-refractivity contribution >= 4 is 11.9 Å². The molecule has 0 aliphatic rings. The van der Waals surface area contributed by atoms with Crippen molar-refractivity contribution < 1.29 is 9.53 Å². The number of carbonyl (C=O) groups is 1. The van der Waals surface area contributed by atoms with E-state index in [1.807, 2.05) is 61.5 Å². The van der Waals surface area contributed by atoms with Crippen LogP contribution in [0, 0.1) is 0 Å². The van der Waals surface area contributed by atoms with E-state index in [-0.39, 0.29) is 5.78 Å². The van der Waals surface area contributed by atoms with Crippen molar-refractivity contribution in [2.75, 3.05) is 0 Å². The lowest BCUT2D eigenvalue weighted by atomic mass is 10.1. The van der Waals surface area contributed by atoms with E-state index >= 15 is 0 Å². The second-order valence-electron chi connectivity index (χ2n) is 5.60. The molecule has 0 saturated carbocycles. The van der Waals surface area contributed by atoms with Crippen LogP contribution in [0.15, 0.2) is 72.9 Å². The molecule has 0 bridgehead atoms. The van der Waals surface area contributed by atoms with Gasteiger partial charge in [0.2, 0.25) is 5.78 Å². The van der Waals surface area contributed by atoms with Gasteiger partial charge in [0, 0.05) is 12.7 Å². The number of nitrogens with zero attached hydrogens (tertiary/aromatic N) is 2. The molecule has 0 fully saturated rings. The topological polar surface area (TPSA) is 44.1 Å². The van der Waals surface area contributed by atoms with E-state index in [0.29, 0.717) is 12.3 Å². The Hall–Kier alpha value is -3.14. The second kappa shape index (κ2) is 8.11. The van der Waals surface area contributed by atoms with Crippen LogP contribution in [0.1, 0.15) is 28.5 Å². The third kappa shape index (κ3) is 4.67. The zero-order valence-electron chi connectivity index (χ0n) is 14.1. The number of allylic oxidation sites excluding steroid dienone is 1. The zero-order valence-corrected chi connectivity index (χ0v) is 14.1. The number of aromatic nitrogens is 2. The maximum Gasteiger partial charge on any atom is 0.206 e. The molecule has 3 rings (SSSR count). The first-order chi connectivity index (χ1) is 12.2. The predicted octanol–water partition coefficient (Wildman–Crippen LogP) is 4.38. The van der Waals surface area contributed by atoms with Crippen LogP contribution in [-0.2, 0) is 13.2 Å². The predicted molar refractivity (Wildman–Crippen MR) is 98.5 cm³/mol. The molecule has 1 aromatic heterocycles. The number of rotatable bonds is 7. The molecule has 0 radical (unpaired) electrons. The molecule has 0 aliphatic heterocycles. The molecule has 0 atom stereocenters. The molecule has 0 unspecified atom stereocenters. The monoisotopic (exact) mass is 332 g/mol. The summed E-state index contributed by atoms with van der Waals surface area (Å²) in [6, 6.07) is 19.4. The summed E-state index contributed by atoms with van der Waals surface area (Å²) in [5.41, 5.74) is 2.53. The van der Waals surface area contributed by atoms with Crippen LogP contribution < -0.4 is 4.74 Å². The van der Waals surface area contributed by atoms with Crippen LogP contribution in [-0.4, -0.2) is 15.6 Å². The summed E-state index contributed by atoms with van der Waals surface area (Å²) < 4.78 is 7.49. The second-order valence-corrected chi connectivity index (χ2v) is 5.60. The summed E-state index contributed by atoms with van der Waals surface area (Å²) in [4.78, 5) is 12.1. The van der Waals surface area contributed by atoms with E-state index in [4.69, 9.17) is 4.74 Å². The Morgan fingerprint density at radius 1 is 1.08 bits per heavy atom. The van der Waals surface area contributed by atoms with Gasteiger partial charge in [0.1, 0.15) is 18.1 Å². The Kier molecular flexibility index (Phi) is 5.42. The quantitative estimate of drug-likeness (QED) is 0.476. The van der Waals surface area contributed by atoms with Gasteiger partial charge < -0.3 is 4.74 Å². The number of hydrogen-bond donors (Lipinski definition) is 0. The number of aryl methyl sites for hydroxylation is 1. The fraction of sp³-hybridized carbons (Fsp3) is 0.143. The highest BCUT2D eigenvalue weighted by atomic mass is 16.5. The van der Waals surface area contributed by atoms with Gasteiger partial charge in [0.25, 0.3) is 0 Å². The van der Waals surface area contributed by atoms with Gasteiger partial charge in [-0.15, -0.1) is 0 Å². The number of ether oxygens (including phenoxy) is 1. The Morgan fingerprint density at radius 2 is 1.84 bits per heavy atom. The van der Waals surface area contributed by atoms with Crippen LogP contribution in [0.3, 0.4) is 0 Å². The maximum absolute atomic E-state index is 12.1. The molecule has 3 aromatic rings. The highest BCUT2D eigenvalue weighted by Gasteiger charge is 2.05. The fourth-order valence-electron chi connectivity index (χ4n) is 2.34. The highest BCUT2D eigenvalue weighted by Crippen LogP contribution is 2.15. The number of hydrogen-bond acceptors (Lipinski definition) is 3. The van der Waals surface area contributed by atoms with E-state index in [1.54, 1.807) is 29.1 Å². The van der Waals surface area contributed by atoms with E-state index in [2.05, 4.69) is 5.10 Å². The van der Waals surface area contributed by atoms with Gasteiger partial charge in [0.15, 0.2) is 0 Å². The van der Waals surface area contributed by atoms with E-state index < -0.39 is 0 Å². The molecule has 0 amide bonds. The van der Waals surface area contributed by atoms with Gasteiger partial charge >= 0.3 is 0 Å². The lowest BCUT2D eigenvalue weighted by molar-refractivity contribution is 0.104. The molecular formula is C21H20N2O2. The molecule has 4 nitrogen and oxygen atoms in total. The average molecular weight is 332 g/mol. The van der Waals surface area contributed by atoms with Crippen molar-refractivity contribution in [2.24, 2.45) is 0 Å². The van der Waals surface area contributed by atoms with Crippen molar-refractivity contribution in [1.29, 1.82) is 0 Å². The zero-order chi connectivity index (χ0) is 17.5. The lowest BCUT2D eigenvalue weighted by Crippen LogP contribution is -1.99. The maximum atomic E-state index is 12.1. The van der Waals surface area contributed by atoms with Crippen LogP contribution in [0.25, 0.3) is 6.08 Å². The van der Waals surface area contributed by atoms with Crippen molar-refractivity contribution in [3.05, 3.63) is 89.8 Å². The summed E-state index contributed by atoms with van der Waals surface area (Å²) in [5, 5.41) is 4.20. The van der Waals surface area contributed by atoms with Crippen LogP contribution >= 0.6 is 0 Å². The summed E-state index contributed by atoms with van der Waals surface area (Å²) >= 11 is 0. The Morgan fingerprint density at radius 3 is 2.52 bits per heavy atom. The molecule has 0 saturated heterocycles. The lowest BCUT2D eigenvalue weighted by Gasteiger charge is -2.06.